The van der Waals surface area contributed by atoms with Crippen molar-refractivity contribution >= 4 is 22.7 Å². The lowest BCUT2D eigenvalue weighted by Gasteiger charge is -2.45. The number of aromatic amines is 1. The maximum Gasteiger partial charge on any atom is 0.234 e. The fourth-order valence-electron chi connectivity index (χ4n) is 6.53. The molecular formula is C28H22N2O2. The van der Waals surface area contributed by atoms with E-state index in [1.165, 1.54) is 22.3 Å². The van der Waals surface area contributed by atoms with Crippen molar-refractivity contribution in [2.45, 2.75) is 18.3 Å². The van der Waals surface area contributed by atoms with Gasteiger partial charge in [0.15, 0.2) is 0 Å². The summed E-state index contributed by atoms with van der Waals surface area (Å²) >= 11 is 0. The summed E-state index contributed by atoms with van der Waals surface area (Å²) in [6.45, 7) is 0.429. The Morgan fingerprint density at radius 3 is 1.75 bits per heavy atom. The normalized spacial score (nSPS) is 25.2. The lowest BCUT2D eigenvalue weighted by Crippen LogP contribution is -2.41. The summed E-state index contributed by atoms with van der Waals surface area (Å²) in [4.78, 5) is 32.2. The van der Waals surface area contributed by atoms with E-state index in [0.717, 1.165) is 16.5 Å². The van der Waals surface area contributed by atoms with E-state index in [1.807, 2.05) is 48.7 Å². The van der Waals surface area contributed by atoms with Crippen molar-refractivity contribution < 1.29 is 9.59 Å². The van der Waals surface area contributed by atoms with Gasteiger partial charge in [-0.05, 0) is 40.3 Å². The molecule has 4 nitrogen and oxygen atoms in total. The number of para-hydroxylation sites is 1. The van der Waals surface area contributed by atoms with Gasteiger partial charge >= 0.3 is 0 Å². The molecule has 2 heterocycles. The van der Waals surface area contributed by atoms with Crippen molar-refractivity contribution in [1.29, 1.82) is 0 Å². The van der Waals surface area contributed by atoms with Crippen molar-refractivity contribution in [2.24, 2.45) is 11.8 Å². The highest BCUT2D eigenvalue weighted by Gasteiger charge is 2.61. The smallest absolute Gasteiger partial charge is 0.234 e. The van der Waals surface area contributed by atoms with Crippen molar-refractivity contribution in [2.75, 3.05) is 6.54 Å². The van der Waals surface area contributed by atoms with Crippen LogP contribution >= 0.6 is 0 Å². The van der Waals surface area contributed by atoms with E-state index in [-0.39, 0.29) is 35.5 Å². The van der Waals surface area contributed by atoms with E-state index in [0.29, 0.717) is 13.0 Å². The Labute approximate surface area is 185 Å². The predicted molar refractivity (Wildman–Crippen MR) is 122 cm³/mol. The molecule has 156 valence electrons. The van der Waals surface area contributed by atoms with Gasteiger partial charge in [-0.15, -0.1) is 0 Å². The van der Waals surface area contributed by atoms with Crippen molar-refractivity contribution in [3.63, 3.8) is 0 Å². The number of aromatic nitrogens is 1. The Morgan fingerprint density at radius 1 is 0.688 bits per heavy atom. The van der Waals surface area contributed by atoms with Crippen LogP contribution in [0, 0.1) is 11.8 Å². The SMILES string of the molecule is O=C1[C@@H]2C3c4ccccc4C(c4ccccc43)[C@@H]2C(=O)N1CCc1c[nH]c2ccccc12. The number of nitrogens with one attached hydrogen (secondary N) is 1. The Balaban J connectivity index is 1.27. The molecule has 1 N–H and O–H groups in total. The number of hydrogen-bond acceptors (Lipinski definition) is 2. The number of nitrogens with zero attached hydrogens (tertiary/aromatic N) is 1. The zero-order valence-electron chi connectivity index (χ0n) is 17.5. The molecule has 4 aliphatic rings. The Hall–Kier alpha value is -3.66. The summed E-state index contributed by atoms with van der Waals surface area (Å²) in [6, 6.07) is 24.9. The number of imide groups is 1. The van der Waals surface area contributed by atoms with Crippen molar-refractivity contribution in [1.82, 2.24) is 9.88 Å². The first-order chi connectivity index (χ1) is 15.7. The number of rotatable bonds is 3. The van der Waals surface area contributed by atoms with E-state index < -0.39 is 0 Å². The molecule has 2 bridgehead atoms. The van der Waals surface area contributed by atoms with E-state index in [2.05, 4.69) is 35.3 Å². The molecule has 8 rings (SSSR count). The van der Waals surface area contributed by atoms with Gasteiger partial charge in [-0.1, -0.05) is 66.7 Å². The first-order valence-electron chi connectivity index (χ1n) is 11.3. The molecule has 2 atom stereocenters. The van der Waals surface area contributed by atoms with Gasteiger partial charge in [0.1, 0.15) is 0 Å². The van der Waals surface area contributed by atoms with Gasteiger partial charge in [0.05, 0.1) is 11.8 Å². The molecule has 1 saturated heterocycles. The summed E-state index contributed by atoms with van der Waals surface area (Å²) in [5.41, 5.74) is 7.10. The molecule has 0 radical (unpaired) electrons. The van der Waals surface area contributed by atoms with Crippen LogP contribution in [0.5, 0.6) is 0 Å². The van der Waals surface area contributed by atoms with Crippen LogP contribution in [0.3, 0.4) is 0 Å². The van der Waals surface area contributed by atoms with Crippen molar-refractivity contribution in [3.05, 3.63) is 107 Å². The molecular weight excluding hydrogens is 396 g/mol. The highest BCUT2D eigenvalue weighted by atomic mass is 16.2. The zero-order valence-corrected chi connectivity index (χ0v) is 17.5. The number of amides is 2. The Bertz CT molecular complexity index is 1300. The summed E-state index contributed by atoms with van der Waals surface area (Å²) in [5.74, 6) is -0.655. The second kappa shape index (κ2) is 6.42. The Morgan fingerprint density at radius 2 is 1.19 bits per heavy atom. The number of H-pyrrole nitrogens is 1. The van der Waals surface area contributed by atoms with Crippen LogP contribution in [-0.4, -0.2) is 28.2 Å². The predicted octanol–water partition coefficient (Wildman–Crippen LogP) is 4.60. The van der Waals surface area contributed by atoms with Gasteiger partial charge in [0.25, 0.3) is 0 Å². The molecule has 1 aliphatic heterocycles. The number of carbonyl (C=O) groups excluding carboxylic acids is 2. The minimum atomic E-state index is -0.291. The van der Waals surface area contributed by atoms with Gasteiger partial charge in [0, 0.05) is 35.5 Å². The van der Waals surface area contributed by atoms with E-state index in [1.54, 1.807) is 4.90 Å². The number of fused-ring (bicyclic) bond motifs is 1. The molecule has 32 heavy (non-hydrogen) atoms. The van der Waals surface area contributed by atoms with Crippen molar-refractivity contribution in [3.8, 4) is 0 Å². The third-order valence-electron chi connectivity index (χ3n) is 7.82. The van der Waals surface area contributed by atoms with Crippen LogP contribution in [0.15, 0.2) is 79.0 Å². The van der Waals surface area contributed by atoms with Crippen LogP contribution in [0.25, 0.3) is 10.9 Å². The minimum absolute atomic E-state index is 0.00107. The molecule has 4 aromatic rings. The first kappa shape index (κ1) is 18.0. The average Bonchev–Trinajstić information content (AvgIpc) is 3.36. The number of likely N-dealkylation sites (tertiary alicyclic amines) is 1. The molecule has 0 saturated carbocycles. The number of carbonyl (C=O) groups is 2. The van der Waals surface area contributed by atoms with Gasteiger partial charge in [-0.2, -0.15) is 0 Å². The largest absolute Gasteiger partial charge is 0.361 e. The monoisotopic (exact) mass is 418 g/mol. The third kappa shape index (κ3) is 2.22. The standard InChI is InChI=1S/C28H22N2O2/c31-27-25-23-18-8-1-2-9-19(18)24(21-11-4-3-10-20(21)23)26(25)28(32)30(27)14-13-16-15-29-22-12-6-5-7-17(16)22/h1-12,15,23-26,29H,13-14H2/t23?,24?,25-,26+. The van der Waals surface area contributed by atoms with Gasteiger partial charge in [0.2, 0.25) is 11.8 Å². The van der Waals surface area contributed by atoms with E-state index in [9.17, 15) is 9.59 Å². The van der Waals surface area contributed by atoms with E-state index >= 15 is 0 Å². The van der Waals surface area contributed by atoms with Crippen LogP contribution in [-0.2, 0) is 16.0 Å². The quantitative estimate of drug-likeness (QED) is 0.494. The maximum atomic E-state index is 13.7. The summed E-state index contributed by atoms with van der Waals surface area (Å²) in [6.07, 6.45) is 2.66. The summed E-state index contributed by atoms with van der Waals surface area (Å²) in [7, 11) is 0. The molecule has 0 unspecified atom stereocenters. The summed E-state index contributed by atoms with van der Waals surface area (Å²) < 4.78 is 0. The highest BCUT2D eigenvalue weighted by Crippen LogP contribution is 2.60. The second-order valence-corrected chi connectivity index (χ2v) is 9.20. The lowest BCUT2D eigenvalue weighted by atomic mass is 9.55. The third-order valence-corrected chi connectivity index (χ3v) is 7.82. The first-order valence-corrected chi connectivity index (χ1v) is 11.3. The average molecular weight is 418 g/mol. The second-order valence-electron chi connectivity index (χ2n) is 9.20. The molecule has 3 aromatic carbocycles. The van der Waals surface area contributed by atoms with Crippen LogP contribution < -0.4 is 0 Å². The fraction of sp³-hybridized carbons (Fsp3) is 0.214. The Kier molecular flexibility index (Phi) is 3.61. The van der Waals surface area contributed by atoms with E-state index in [4.69, 9.17) is 0 Å². The fourth-order valence-corrected chi connectivity index (χ4v) is 6.53. The van der Waals surface area contributed by atoms with Gasteiger partial charge in [-0.25, -0.2) is 0 Å². The zero-order chi connectivity index (χ0) is 21.4. The molecule has 2 amide bonds. The molecule has 1 aromatic heterocycles. The van der Waals surface area contributed by atoms with Crippen LogP contribution in [0.4, 0.5) is 0 Å². The molecule has 3 aliphatic carbocycles. The highest BCUT2D eigenvalue weighted by molar-refractivity contribution is 6.07. The molecule has 1 fully saturated rings. The number of benzene rings is 3. The van der Waals surface area contributed by atoms with Gasteiger partial charge in [-0.3, -0.25) is 14.5 Å². The van der Waals surface area contributed by atoms with Gasteiger partial charge < -0.3 is 4.98 Å². The van der Waals surface area contributed by atoms with Crippen LogP contribution in [0.2, 0.25) is 0 Å². The maximum absolute atomic E-state index is 13.7. The van der Waals surface area contributed by atoms with Crippen LogP contribution in [0.1, 0.15) is 39.7 Å². The summed E-state index contributed by atoms with van der Waals surface area (Å²) in [5, 5.41) is 1.16. The minimum Gasteiger partial charge on any atom is -0.361 e. The molecule has 4 heteroatoms. The number of hydrogen-bond donors (Lipinski definition) is 1. The molecule has 0 spiro atoms. The lowest BCUT2D eigenvalue weighted by molar-refractivity contribution is -0.139. The topological polar surface area (TPSA) is 53.2 Å².